The number of aromatic nitrogens is 3. The van der Waals surface area contributed by atoms with Gasteiger partial charge in [0.1, 0.15) is 11.3 Å². The number of hydrogen-bond donors (Lipinski definition) is 1. The average Bonchev–Trinajstić information content (AvgIpc) is 2.95. The van der Waals surface area contributed by atoms with Gasteiger partial charge in [0.25, 0.3) is 0 Å². The Kier molecular flexibility index (Phi) is 2.54. The van der Waals surface area contributed by atoms with E-state index >= 15 is 0 Å². The molecule has 18 heavy (non-hydrogen) atoms. The van der Waals surface area contributed by atoms with Crippen LogP contribution in [0, 0.1) is 5.92 Å². The maximum atomic E-state index is 11.0. The molecule has 0 saturated heterocycles. The monoisotopic (exact) mass is 245 g/mol. The van der Waals surface area contributed by atoms with Gasteiger partial charge >= 0.3 is 5.97 Å². The van der Waals surface area contributed by atoms with Gasteiger partial charge in [0.15, 0.2) is 0 Å². The lowest BCUT2D eigenvalue weighted by Crippen LogP contribution is -2.10. The zero-order valence-corrected chi connectivity index (χ0v) is 10.2. The van der Waals surface area contributed by atoms with Gasteiger partial charge in [-0.25, -0.2) is 4.98 Å². The number of fused-ring (bicyclic) bond motifs is 1. The molecule has 1 aliphatic rings. The van der Waals surface area contributed by atoms with Crippen LogP contribution in [-0.4, -0.2) is 25.6 Å². The van der Waals surface area contributed by atoms with Crippen molar-refractivity contribution >= 4 is 17.0 Å². The van der Waals surface area contributed by atoms with Gasteiger partial charge in [-0.15, -0.1) is 0 Å². The molecule has 0 amide bonds. The van der Waals surface area contributed by atoms with E-state index in [2.05, 4.69) is 14.5 Å². The Bertz CT molecular complexity index is 605. The fourth-order valence-electron chi connectivity index (χ4n) is 2.88. The molecule has 2 aromatic rings. The molecule has 5 heteroatoms. The minimum absolute atomic E-state index is 0.215. The fourth-order valence-corrected chi connectivity index (χ4v) is 2.88. The van der Waals surface area contributed by atoms with E-state index < -0.39 is 5.97 Å². The predicted octanol–water partition coefficient (Wildman–Crippen LogP) is 1.94. The van der Waals surface area contributed by atoms with Crippen molar-refractivity contribution in [3.63, 3.8) is 0 Å². The molecular weight excluding hydrogens is 230 g/mol. The molecule has 2 unspecified atom stereocenters. The summed E-state index contributed by atoms with van der Waals surface area (Å²) < 4.78 is 2.06. The fraction of sp³-hybridized carbons (Fsp3) is 0.462. The van der Waals surface area contributed by atoms with Crippen molar-refractivity contribution in [1.29, 1.82) is 0 Å². The molecule has 2 aromatic heterocycles. The highest BCUT2D eigenvalue weighted by molar-refractivity contribution is 5.75. The molecule has 1 aliphatic carbocycles. The molecule has 2 atom stereocenters. The van der Waals surface area contributed by atoms with Gasteiger partial charge < -0.3 is 9.67 Å². The molecule has 3 rings (SSSR count). The molecule has 0 radical (unpaired) electrons. The van der Waals surface area contributed by atoms with Gasteiger partial charge in [0.05, 0.1) is 17.6 Å². The number of pyridine rings is 1. The van der Waals surface area contributed by atoms with E-state index in [1.54, 1.807) is 12.4 Å². The summed E-state index contributed by atoms with van der Waals surface area (Å²) in [7, 11) is 1.98. The van der Waals surface area contributed by atoms with Crippen molar-refractivity contribution < 1.29 is 9.90 Å². The molecule has 2 heterocycles. The zero-order valence-electron chi connectivity index (χ0n) is 10.2. The largest absolute Gasteiger partial charge is 0.481 e. The van der Waals surface area contributed by atoms with Gasteiger partial charge in [-0.1, -0.05) is 0 Å². The van der Waals surface area contributed by atoms with Crippen LogP contribution in [0.25, 0.3) is 11.0 Å². The van der Waals surface area contributed by atoms with Crippen molar-refractivity contribution in [1.82, 2.24) is 14.5 Å². The Morgan fingerprint density at radius 3 is 3.00 bits per heavy atom. The number of nitrogens with zero attached hydrogens (tertiary/aromatic N) is 3. The molecule has 0 aliphatic heterocycles. The molecule has 1 N–H and O–H groups in total. The lowest BCUT2D eigenvalue weighted by Gasteiger charge is -2.09. The second-order valence-electron chi connectivity index (χ2n) is 4.94. The van der Waals surface area contributed by atoms with Gasteiger partial charge in [-0.2, -0.15) is 0 Å². The van der Waals surface area contributed by atoms with Crippen LogP contribution in [-0.2, 0) is 11.8 Å². The Labute approximate surface area is 104 Å². The minimum atomic E-state index is -0.682. The molecule has 0 spiro atoms. The highest BCUT2D eigenvalue weighted by Crippen LogP contribution is 2.38. The van der Waals surface area contributed by atoms with E-state index in [0.29, 0.717) is 6.42 Å². The minimum Gasteiger partial charge on any atom is -0.481 e. The van der Waals surface area contributed by atoms with Crippen LogP contribution in [0.1, 0.15) is 31.0 Å². The van der Waals surface area contributed by atoms with Crippen LogP contribution in [0.4, 0.5) is 0 Å². The first-order chi connectivity index (χ1) is 8.66. The lowest BCUT2D eigenvalue weighted by atomic mass is 10.0. The zero-order chi connectivity index (χ0) is 12.7. The van der Waals surface area contributed by atoms with Gasteiger partial charge in [0, 0.05) is 19.2 Å². The SMILES string of the molecule is Cn1c(C2CCC(C(=O)O)C2)nc2cnccc21. The van der Waals surface area contributed by atoms with E-state index in [1.807, 2.05) is 13.1 Å². The number of aryl methyl sites for hydroxylation is 1. The number of imidazole rings is 1. The Morgan fingerprint density at radius 1 is 1.50 bits per heavy atom. The molecule has 0 bridgehead atoms. The van der Waals surface area contributed by atoms with Crippen LogP contribution in [0.3, 0.4) is 0 Å². The first-order valence-electron chi connectivity index (χ1n) is 6.16. The van der Waals surface area contributed by atoms with E-state index in [1.165, 1.54) is 0 Å². The number of carboxylic acids is 1. The maximum absolute atomic E-state index is 11.0. The van der Waals surface area contributed by atoms with E-state index in [9.17, 15) is 4.79 Å². The Balaban J connectivity index is 1.96. The average molecular weight is 245 g/mol. The third-order valence-corrected chi connectivity index (χ3v) is 3.86. The molecule has 5 nitrogen and oxygen atoms in total. The summed E-state index contributed by atoms with van der Waals surface area (Å²) in [6.07, 6.45) is 5.86. The Hall–Kier alpha value is -1.91. The topological polar surface area (TPSA) is 68.0 Å². The third-order valence-electron chi connectivity index (χ3n) is 3.86. The molecule has 0 aromatic carbocycles. The van der Waals surface area contributed by atoms with Gasteiger partial charge in [-0.3, -0.25) is 9.78 Å². The first kappa shape index (κ1) is 11.2. The van der Waals surface area contributed by atoms with Crippen molar-refractivity contribution in [2.45, 2.75) is 25.2 Å². The van der Waals surface area contributed by atoms with Crippen LogP contribution >= 0.6 is 0 Å². The van der Waals surface area contributed by atoms with Crippen molar-refractivity contribution in [3.05, 3.63) is 24.3 Å². The molecule has 1 fully saturated rings. The highest BCUT2D eigenvalue weighted by atomic mass is 16.4. The Morgan fingerprint density at radius 2 is 2.33 bits per heavy atom. The normalized spacial score (nSPS) is 23.6. The summed E-state index contributed by atoms with van der Waals surface area (Å²) in [4.78, 5) is 19.7. The third kappa shape index (κ3) is 1.66. The second kappa shape index (κ2) is 4.08. The van der Waals surface area contributed by atoms with E-state index in [4.69, 9.17) is 5.11 Å². The number of carboxylic acid groups (broad SMARTS) is 1. The predicted molar refractivity (Wildman–Crippen MR) is 66.2 cm³/mol. The van der Waals surface area contributed by atoms with Crippen LogP contribution < -0.4 is 0 Å². The molecule has 94 valence electrons. The van der Waals surface area contributed by atoms with E-state index in [0.717, 1.165) is 29.7 Å². The number of hydrogen-bond acceptors (Lipinski definition) is 3. The van der Waals surface area contributed by atoms with Gasteiger partial charge in [-0.05, 0) is 25.3 Å². The maximum Gasteiger partial charge on any atom is 0.306 e. The first-order valence-corrected chi connectivity index (χ1v) is 6.16. The summed E-state index contributed by atoms with van der Waals surface area (Å²) in [5.74, 6) is 0.344. The standard InChI is InChI=1S/C13H15N3O2/c1-16-11-4-5-14-7-10(11)15-12(16)8-2-3-9(6-8)13(17)18/h4-5,7-9H,2-3,6H2,1H3,(H,17,18). The van der Waals surface area contributed by atoms with Crippen LogP contribution in [0.15, 0.2) is 18.5 Å². The van der Waals surface area contributed by atoms with Crippen molar-refractivity contribution in [2.75, 3.05) is 0 Å². The number of aliphatic carboxylic acids is 1. The summed E-state index contributed by atoms with van der Waals surface area (Å²) in [6.45, 7) is 0. The summed E-state index contributed by atoms with van der Waals surface area (Å²) in [6, 6.07) is 1.94. The second-order valence-corrected chi connectivity index (χ2v) is 4.94. The number of carbonyl (C=O) groups is 1. The lowest BCUT2D eigenvalue weighted by molar-refractivity contribution is -0.141. The van der Waals surface area contributed by atoms with E-state index in [-0.39, 0.29) is 11.8 Å². The summed E-state index contributed by atoms with van der Waals surface area (Å²) in [5.41, 5.74) is 1.94. The van der Waals surface area contributed by atoms with Gasteiger partial charge in [0.2, 0.25) is 0 Å². The van der Waals surface area contributed by atoms with Crippen LogP contribution in [0.5, 0.6) is 0 Å². The van der Waals surface area contributed by atoms with Crippen LogP contribution in [0.2, 0.25) is 0 Å². The molecular formula is C13H15N3O2. The summed E-state index contributed by atoms with van der Waals surface area (Å²) in [5, 5.41) is 9.05. The van der Waals surface area contributed by atoms with Crippen molar-refractivity contribution in [2.24, 2.45) is 13.0 Å². The van der Waals surface area contributed by atoms with Crippen molar-refractivity contribution in [3.8, 4) is 0 Å². The quantitative estimate of drug-likeness (QED) is 0.877. The number of rotatable bonds is 2. The molecule has 1 saturated carbocycles. The highest BCUT2D eigenvalue weighted by Gasteiger charge is 2.33. The smallest absolute Gasteiger partial charge is 0.306 e. The summed E-state index contributed by atoms with van der Waals surface area (Å²) >= 11 is 0.